The summed E-state index contributed by atoms with van der Waals surface area (Å²) in [6.45, 7) is 1.94. The highest BCUT2D eigenvalue weighted by Gasteiger charge is 2.34. The first-order valence-corrected chi connectivity index (χ1v) is 8.23. The van der Waals surface area contributed by atoms with Crippen LogP contribution in [-0.2, 0) is 12.6 Å². The van der Waals surface area contributed by atoms with E-state index in [4.69, 9.17) is 11.6 Å². The van der Waals surface area contributed by atoms with E-state index >= 15 is 0 Å². The summed E-state index contributed by atoms with van der Waals surface area (Å²) in [4.78, 5) is 4.53. The molecule has 0 aliphatic carbocycles. The van der Waals surface area contributed by atoms with E-state index in [1.165, 1.54) is 0 Å². The molecular formula is C16H14ClF3N2OS. The van der Waals surface area contributed by atoms with Crippen LogP contribution in [0.2, 0.25) is 5.02 Å². The number of phenols is 1. The van der Waals surface area contributed by atoms with Crippen molar-refractivity contribution in [3.8, 4) is 5.75 Å². The molecule has 1 heterocycles. The van der Waals surface area contributed by atoms with E-state index in [1.807, 2.05) is 6.92 Å². The lowest BCUT2D eigenvalue weighted by Crippen LogP contribution is -2.15. The molecule has 0 bridgehead atoms. The molecule has 3 nitrogen and oxygen atoms in total. The van der Waals surface area contributed by atoms with Crippen molar-refractivity contribution >= 4 is 39.1 Å². The summed E-state index contributed by atoms with van der Waals surface area (Å²) in [5.41, 5.74) is 0.538. The number of halogens is 4. The van der Waals surface area contributed by atoms with Crippen molar-refractivity contribution in [2.45, 2.75) is 19.5 Å². The van der Waals surface area contributed by atoms with Crippen LogP contribution in [0, 0.1) is 0 Å². The predicted molar refractivity (Wildman–Crippen MR) is 94.2 cm³/mol. The van der Waals surface area contributed by atoms with Crippen LogP contribution in [0.4, 0.5) is 18.9 Å². The smallest absolute Gasteiger partial charge is 0.417 e. The summed E-state index contributed by atoms with van der Waals surface area (Å²) < 4.78 is 39.0. The topological polar surface area (TPSA) is 45.1 Å². The number of rotatable bonds is 3. The van der Waals surface area contributed by atoms with Crippen LogP contribution in [0.5, 0.6) is 5.75 Å². The van der Waals surface area contributed by atoms with Gasteiger partial charge in [-0.15, -0.1) is 10.9 Å². The SMILES string of the molecule is C=S=C(Nc1cc(C(F)(F)F)c(Cl)cc1O)c1ccncc1CC. The Morgan fingerprint density at radius 1 is 1.42 bits per heavy atom. The average Bonchev–Trinajstić information content (AvgIpc) is 2.53. The van der Waals surface area contributed by atoms with E-state index in [0.717, 1.165) is 34.2 Å². The number of hydrogen-bond donors (Lipinski definition) is 2. The zero-order valence-corrected chi connectivity index (χ0v) is 14.2. The second-order valence-corrected chi connectivity index (χ2v) is 5.94. The van der Waals surface area contributed by atoms with Gasteiger partial charge in [0, 0.05) is 24.0 Å². The largest absolute Gasteiger partial charge is 0.506 e. The first-order valence-electron chi connectivity index (χ1n) is 6.86. The van der Waals surface area contributed by atoms with Gasteiger partial charge in [0.25, 0.3) is 0 Å². The number of benzene rings is 1. The van der Waals surface area contributed by atoms with E-state index in [9.17, 15) is 18.3 Å². The minimum atomic E-state index is -4.62. The highest BCUT2D eigenvalue weighted by atomic mass is 35.5. The molecule has 0 unspecified atom stereocenters. The molecule has 2 rings (SSSR count). The van der Waals surface area contributed by atoms with Crippen LogP contribution in [0.3, 0.4) is 0 Å². The van der Waals surface area contributed by atoms with E-state index in [-0.39, 0.29) is 11.4 Å². The van der Waals surface area contributed by atoms with Crippen molar-refractivity contribution < 1.29 is 18.3 Å². The molecule has 0 aliphatic heterocycles. The molecule has 1 aromatic carbocycles. The van der Waals surface area contributed by atoms with Crippen LogP contribution in [0.15, 0.2) is 30.6 Å². The molecule has 0 amide bonds. The summed E-state index contributed by atoms with van der Waals surface area (Å²) in [7, 11) is 1.08. The van der Waals surface area contributed by atoms with Crippen LogP contribution < -0.4 is 5.32 Å². The van der Waals surface area contributed by atoms with Crippen molar-refractivity contribution in [1.82, 2.24) is 4.98 Å². The quantitative estimate of drug-likeness (QED) is 0.600. The lowest BCUT2D eigenvalue weighted by Gasteiger charge is -2.16. The zero-order chi connectivity index (χ0) is 17.9. The van der Waals surface area contributed by atoms with E-state index in [1.54, 1.807) is 18.5 Å². The summed E-state index contributed by atoms with van der Waals surface area (Å²) in [5, 5.41) is 12.2. The van der Waals surface area contributed by atoms with Gasteiger partial charge in [0.2, 0.25) is 0 Å². The fourth-order valence-electron chi connectivity index (χ4n) is 2.11. The lowest BCUT2D eigenvalue weighted by molar-refractivity contribution is -0.137. The van der Waals surface area contributed by atoms with Gasteiger partial charge in [0.05, 0.1) is 21.3 Å². The standard InChI is InChI=1S/C16H14ClF3N2OS/c1-3-9-8-21-5-4-10(9)15(24-2)22-13-6-11(16(18,19)20)12(17)7-14(13)23/h4-8,22-23H,2-3H2,1H3. The van der Waals surface area contributed by atoms with E-state index in [0.29, 0.717) is 11.4 Å². The van der Waals surface area contributed by atoms with Crippen LogP contribution in [0.1, 0.15) is 23.6 Å². The maximum Gasteiger partial charge on any atom is 0.417 e. The van der Waals surface area contributed by atoms with Gasteiger partial charge in [-0.25, -0.2) is 0 Å². The number of anilines is 1. The summed E-state index contributed by atoms with van der Waals surface area (Å²) >= 11 is 5.58. The van der Waals surface area contributed by atoms with Gasteiger partial charge in [-0.1, -0.05) is 18.5 Å². The highest BCUT2D eigenvalue weighted by Crippen LogP contribution is 2.40. The number of aromatic hydroxyl groups is 1. The second-order valence-electron chi connectivity index (χ2n) is 4.83. The molecule has 0 spiro atoms. The van der Waals surface area contributed by atoms with Crippen molar-refractivity contribution in [2.24, 2.45) is 0 Å². The Labute approximate surface area is 145 Å². The Morgan fingerprint density at radius 2 is 2.12 bits per heavy atom. The number of alkyl halides is 3. The molecule has 0 aliphatic rings. The lowest BCUT2D eigenvalue weighted by atomic mass is 10.1. The molecular weight excluding hydrogens is 361 g/mol. The van der Waals surface area contributed by atoms with Gasteiger partial charge in [0.15, 0.2) is 0 Å². The zero-order valence-electron chi connectivity index (χ0n) is 12.6. The maximum absolute atomic E-state index is 13.0. The van der Waals surface area contributed by atoms with Gasteiger partial charge < -0.3 is 10.4 Å². The number of nitrogens with one attached hydrogen (secondary N) is 1. The molecule has 8 heteroatoms. The molecule has 0 saturated heterocycles. The van der Waals surface area contributed by atoms with Crippen LogP contribution >= 0.6 is 22.5 Å². The first kappa shape index (κ1) is 18.4. The average molecular weight is 375 g/mol. The Hall–Kier alpha value is -1.99. The molecule has 0 fully saturated rings. The van der Waals surface area contributed by atoms with Gasteiger partial charge in [-0.2, -0.15) is 13.2 Å². The van der Waals surface area contributed by atoms with Gasteiger partial charge in [-0.3, -0.25) is 4.98 Å². The number of hydrogen-bond acceptors (Lipinski definition) is 2. The number of aryl methyl sites for hydroxylation is 1. The van der Waals surface area contributed by atoms with Gasteiger partial charge >= 0.3 is 6.18 Å². The number of nitrogens with zero attached hydrogens (tertiary/aromatic N) is 1. The molecule has 24 heavy (non-hydrogen) atoms. The third kappa shape index (κ3) is 3.91. The monoisotopic (exact) mass is 374 g/mol. The summed E-state index contributed by atoms with van der Waals surface area (Å²) in [5.74, 6) is 3.34. The maximum atomic E-state index is 13.0. The molecule has 1 aromatic heterocycles. The van der Waals surface area contributed by atoms with Crippen LogP contribution in [0.25, 0.3) is 0 Å². The van der Waals surface area contributed by atoms with E-state index in [2.05, 4.69) is 16.2 Å². The summed E-state index contributed by atoms with van der Waals surface area (Å²) in [6, 6.07) is 3.38. The van der Waals surface area contributed by atoms with Gasteiger partial charge in [0.1, 0.15) is 5.75 Å². The van der Waals surface area contributed by atoms with Gasteiger partial charge in [-0.05, 0) is 30.0 Å². The second kappa shape index (κ2) is 7.27. The van der Waals surface area contributed by atoms with Crippen molar-refractivity contribution in [3.05, 3.63) is 52.3 Å². The molecule has 0 atom stereocenters. The minimum Gasteiger partial charge on any atom is -0.506 e. The van der Waals surface area contributed by atoms with Crippen LogP contribution in [-0.4, -0.2) is 20.9 Å². The number of pyridine rings is 1. The molecule has 2 aromatic rings. The Bertz CT molecular complexity index is 817. The third-order valence-electron chi connectivity index (χ3n) is 3.31. The fraction of sp³-hybridized carbons (Fsp3) is 0.188. The number of aromatic nitrogens is 1. The fourth-order valence-corrected chi connectivity index (χ4v) is 2.92. The van der Waals surface area contributed by atoms with Crippen molar-refractivity contribution in [3.63, 3.8) is 0 Å². The Morgan fingerprint density at radius 3 is 2.71 bits per heavy atom. The van der Waals surface area contributed by atoms with E-state index < -0.39 is 16.8 Å². The summed E-state index contributed by atoms with van der Waals surface area (Å²) in [6.07, 6.45) is -0.676. The van der Waals surface area contributed by atoms with Crippen molar-refractivity contribution in [1.29, 1.82) is 0 Å². The minimum absolute atomic E-state index is 0.100. The Balaban J connectivity index is 2.48. The molecule has 128 valence electrons. The highest BCUT2D eigenvalue weighted by molar-refractivity contribution is 7.96. The molecule has 0 saturated carbocycles. The third-order valence-corrected chi connectivity index (χ3v) is 4.24. The predicted octanol–water partition coefficient (Wildman–Crippen LogP) is 4.78. The van der Waals surface area contributed by atoms with Crippen molar-refractivity contribution in [2.75, 3.05) is 5.32 Å². The first-order chi connectivity index (χ1) is 11.3. The normalized spacial score (nSPS) is 11.2. The Kier molecular flexibility index (Phi) is 5.56. The molecule has 0 radical (unpaired) electrons. The number of phenolic OH excluding ortho intramolecular Hbond substituents is 1. The molecule has 2 N–H and O–H groups in total.